The second kappa shape index (κ2) is 4.62. The molecule has 1 aromatic carbocycles. The van der Waals surface area contributed by atoms with Gasteiger partial charge in [0, 0.05) is 24.6 Å². The van der Waals surface area contributed by atoms with E-state index in [0.29, 0.717) is 17.9 Å². The van der Waals surface area contributed by atoms with Crippen LogP contribution in [0.15, 0.2) is 18.2 Å². The highest BCUT2D eigenvalue weighted by molar-refractivity contribution is 5.57. The molecular formula is C13H15FN4O. The first-order valence-electron chi connectivity index (χ1n) is 6.20. The molecule has 0 fully saturated rings. The van der Waals surface area contributed by atoms with Gasteiger partial charge in [0.25, 0.3) is 0 Å². The molecule has 0 spiro atoms. The molecule has 100 valence electrons. The maximum Gasteiger partial charge on any atom is 0.165 e. The van der Waals surface area contributed by atoms with Gasteiger partial charge in [-0.3, -0.25) is 0 Å². The van der Waals surface area contributed by atoms with Gasteiger partial charge >= 0.3 is 0 Å². The highest BCUT2D eigenvalue weighted by atomic mass is 19.1. The summed E-state index contributed by atoms with van der Waals surface area (Å²) >= 11 is 0. The first-order valence-corrected chi connectivity index (χ1v) is 6.20. The molecule has 1 aliphatic heterocycles. The highest BCUT2D eigenvalue weighted by Crippen LogP contribution is 2.26. The predicted octanol–water partition coefficient (Wildman–Crippen LogP) is 1.37. The van der Waals surface area contributed by atoms with Crippen LogP contribution in [0.5, 0.6) is 5.75 Å². The number of ether oxygens (including phenoxy) is 1. The van der Waals surface area contributed by atoms with Gasteiger partial charge in [0.15, 0.2) is 17.4 Å². The number of benzene rings is 1. The summed E-state index contributed by atoms with van der Waals surface area (Å²) in [5.74, 6) is 1.39. The number of hydrogen-bond donors (Lipinski definition) is 1. The lowest BCUT2D eigenvalue weighted by atomic mass is 10.1. The van der Waals surface area contributed by atoms with E-state index in [1.807, 2.05) is 4.57 Å². The molecule has 2 aromatic rings. The molecule has 0 saturated heterocycles. The molecule has 3 rings (SSSR count). The van der Waals surface area contributed by atoms with Gasteiger partial charge in [-0.15, -0.1) is 10.2 Å². The summed E-state index contributed by atoms with van der Waals surface area (Å²) in [5, 5.41) is 8.29. The summed E-state index contributed by atoms with van der Waals surface area (Å²) in [7, 11) is 1.44. The summed E-state index contributed by atoms with van der Waals surface area (Å²) in [6.45, 7) is 0.672. The van der Waals surface area contributed by atoms with Crippen LogP contribution in [0.3, 0.4) is 0 Å². The third kappa shape index (κ3) is 2.08. The van der Waals surface area contributed by atoms with E-state index in [2.05, 4.69) is 10.2 Å². The highest BCUT2D eigenvalue weighted by Gasteiger charge is 2.21. The Morgan fingerprint density at radius 2 is 2.26 bits per heavy atom. The monoisotopic (exact) mass is 262 g/mol. The normalized spacial score (nSPS) is 18.2. The first-order chi connectivity index (χ1) is 9.19. The van der Waals surface area contributed by atoms with Crippen molar-refractivity contribution < 1.29 is 9.13 Å². The van der Waals surface area contributed by atoms with Gasteiger partial charge in [-0.2, -0.15) is 0 Å². The Kier molecular flexibility index (Phi) is 2.94. The molecule has 1 atom stereocenters. The van der Waals surface area contributed by atoms with Crippen LogP contribution in [0.1, 0.15) is 12.2 Å². The van der Waals surface area contributed by atoms with Gasteiger partial charge in [-0.1, -0.05) is 0 Å². The average molecular weight is 262 g/mol. The summed E-state index contributed by atoms with van der Waals surface area (Å²) in [5.41, 5.74) is 6.65. The molecule has 0 amide bonds. The van der Waals surface area contributed by atoms with Crippen molar-refractivity contribution in [3.8, 4) is 17.1 Å². The number of rotatable bonds is 2. The van der Waals surface area contributed by atoms with E-state index in [4.69, 9.17) is 10.5 Å². The molecule has 6 heteroatoms. The fourth-order valence-electron chi connectivity index (χ4n) is 2.37. The van der Waals surface area contributed by atoms with E-state index in [9.17, 15) is 4.39 Å². The number of aromatic nitrogens is 3. The van der Waals surface area contributed by atoms with Gasteiger partial charge < -0.3 is 15.0 Å². The minimum absolute atomic E-state index is 0.102. The van der Waals surface area contributed by atoms with Gasteiger partial charge in [0.2, 0.25) is 0 Å². The number of nitrogens with two attached hydrogens (primary N) is 1. The Hall–Kier alpha value is -1.95. The van der Waals surface area contributed by atoms with Crippen LogP contribution in [0.4, 0.5) is 4.39 Å². The van der Waals surface area contributed by atoms with E-state index < -0.39 is 5.82 Å². The molecule has 2 heterocycles. The van der Waals surface area contributed by atoms with Crippen LogP contribution in [-0.4, -0.2) is 27.9 Å². The molecule has 19 heavy (non-hydrogen) atoms. The van der Waals surface area contributed by atoms with Crippen molar-refractivity contribution in [2.45, 2.75) is 25.4 Å². The average Bonchev–Trinajstić information content (AvgIpc) is 2.81. The number of hydrogen-bond acceptors (Lipinski definition) is 4. The molecular weight excluding hydrogens is 247 g/mol. The molecule has 1 aliphatic rings. The van der Waals surface area contributed by atoms with Crippen molar-refractivity contribution >= 4 is 0 Å². The van der Waals surface area contributed by atoms with Gasteiger partial charge in [-0.05, 0) is 24.6 Å². The summed E-state index contributed by atoms with van der Waals surface area (Å²) in [6.07, 6.45) is 1.72. The summed E-state index contributed by atoms with van der Waals surface area (Å²) in [6, 6.07) is 4.88. The van der Waals surface area contributed by atoms with E-state index in [1.54, 1.807) is 12.1 Å². The second-order valence-electron chi connectivity index (χ2n) is 4.70. The lowest BCUT2D eigenvalue weighted by molar-refractivity contribution is 0.386. The van der Waals surface area contributed by atoms with Crippen LogP contribution < -0.4 is 10.5 Å². The molecule has 0 saturated carbocycles. The van der Waals surface area contributed by atoms with Gasteiger partial charge in [0.1, 0.15) is 5.82 Å². The lowest BCUT2D eigenvalue weighted by Crippen LogP contribution is -2.32. The van der Waals surface area contributed by atoms with Crippen molar-refractivity contribution in [2.24, 2.45) is 5.73 Å². The number of fused-ring (bicyclic) bond motifs is 1. The number of methoxy groups -OCH3 is 1. The Labute approximate surface area is 110 Å². The van der Waals surface area contributed by atoms with Crippen LogP contribution in [0, 0.1) is 5.82 Å². The topological polar surface area (TPSA) is 66.0 Å². The maximum absolute atomic E-state index is 13.7. The fourth-order valence-corrected chi connectivity index (χ4v) is 2.37. The maximum atomic E-state index is 13.7. The SMILES string of the molecule is COc1ccc(-c2nnc3n2CC(N)CC3)cc1F. The quantitative estimate of drug-likeness (QED) is 0.887. The van der Waals surface area contributed by atoms with Gasteiger partial charge in [0.05, 0.1) is 7.11 Å². The van der Waals surface area contributed by atoms with E-state index in [1.165, 1.54) is 13.2 Å². The molecule has 1 aromatic heterocycles. The van der Waals surface area contributed by atoms with E-state index in [-0.39, 0.29) is 11.8 Å². The smallest absolute Gasteiger partial charge is 0.165 e. The van der Waals surface area contributed by atoms with Crippen LogP contribution in [-0.2, 0) is 13.0 Å². The lowest BCUT2D eigenvalue weighted by Gasteiger charge is -2.20. The molecule has 1 unspecified atom stereocenters. The Morgan fingerprint density at radius 3 is 3.00 bits per heavy atom. The summed E-state index contributed by atoms with van der Waals surface area (Å²) < 4.78 is 20.6. The zero-order chi connectivity index (χ0) is 13.4. The molecule has 2 N–H and O–H groups in total. The molecule has 5 nitrogen and oxygen atoms in total. The Bertz CT molecular complexity index is 611. The van der Waals surface area contributed by atoms with Gasteiger partial charge in [-0.25, -0.2) is 4.39 Å². The number of nitrogens with zero attached hydrogens (tertiary/aromatic N) is 3. The zero-order valence-corrected chi connectivity index (χ0v) is 10.6. The van der Waals surface area contributed by atoms with Crippen LogP contribution in [0.2, 0.25) is 0 Å². The largest absolute Gasteiger partial charge is 0.494 e. The molecule has 0 radical (unpaired) electrons. The van der Waals surface area contributed by atoms with E-state index >= 15 is 0 Å². The van der Waals surface area contributed by atoms with Crippen molar-refractivity contribution in [1.29, 1.82) is 0 Å². The third-order valence-electron chi connectivity index (χ3n) is 3.39. The minimum atomic E-state index is -0.405. The van der Waals surface area contributed by atoms with Crippen LogP contribution >= 0.6 is 0 Å². The standard InChI is InChI=1S/C13H15FN4O/c1-19-11-4-2-8(6-10(11)14)13-17-16-12-5-3-9(15)7-18(12)13/h2,4,6,9H,3,5,7,15H2,1H3. The third-order valence-corrected chi connectivity index (χ3v) is 3.39. The van der Waals surface area contributed by atoms with Crippen LogP contribution in [0.25, 0.3) is 11.4 Å². The van der Waals surface area contributed by atoms with Crippen molar-refractivity contribution in [1.82, 2.24) is 14.8 Å². The summed E-state index contributed by atoms with van der Waals surface area (Å²) in [4.78, 5) is 0. The molecule has 0 bridgehead atoms. The Balaban J connectivity index is 2.03. The van der Waals surface area contributed by atoms with Crippen molar-refractivity contribution in [3.05, 3.63) is 29.8 Å². The van der Waals surface area contributed by atoms with E-state index in [0.717, 1.165) is 18.7 Å². The zero-order valence-electron chi connectivity index (χ0n) is 10.6. The molecule has 0 aliphatic carbocycles. The second-order valence-corrected chi connectivity index (χ2v) is 4.70. The van der Waals surface area contributed by atoms with Crippen molar-refractivity contribution in [3.63, 3.8) is 0 Å². The van der Waals surface area contributed by atoms with Crippen molar-refractivity contribution in [2.75, 3.05) is 7.11 Å². The number of halogens is 1. The Morgan fingerprint density at radius 1 is 1.42 bits per heavy atom. The minimum Gasteiger partial charge on any atom is -0.494 e. The predicted molar refractivity (Wildman–Crippen MR) is 68.3 cm³/mol. The fraction of sp³-hybridized carbons (Fsp3) is 0.385. The number of aryl methyl sites for hydroxylation is 1. The first kappa shape index (κ1) is 12.1.